The molecule has 16 rings (SSSR count). The summed E-state index contributed by atoms with van der Waals surface area (Å²) >= 11 is 0. The van der Waals surface area contributed by atoms with Gasteiger partial charge in [-0.1, -0.05) is 188 Å². The van der Waals surface area contributed by atoms with Crippen LogP contribution in [-0.2, 0) is 0 Å². The molecular formula is C64H35N. The molecule has 0 aliphatic rings. The molecule has 1 heteroatoms. The van der Waals surface area contributed by atoms with E-state index >= 15 is 0 Å². The van der Waals surface area contributed by atoms with E-state index < -0.39 is 0 Å². The molecule has 0 saturated heterocycles. The van der Waals surface area contributed by atoms with Crippen molar-refractivity contribution in [3.05, 3.63) is 212 Å². The van der Waals surface area contributed by atoms with E-state index in [2.05, 4.69) is 217 Å². The van der Waals surface area contributed by atoms with Crippen LogP contribution < -0.4 is 0 Å². The highest BCUT2D eigenvalue weighted by atomic mass is 15.0. The van der Waals surface area contributed by atoms with Crippen LogP contribution in [0.1, 0.15) is 0 Å². The number of aromatic nitrogens is 1. The lowest BCUT2D eigenvalue weighted by Crippen LogP contribution is -1.95. The van der Waals surface area contributed by atoms with Gasteiger partial charge in [-0.3, -0.25) is 0 Å². The van der Waals surface area contributed by atoms with E-state index in [0.717, 1.165) is 0 Å². The van der Waals surface area contributed by atoms with Gasteiger partial charge < -0.3 is 4.57 Å². The second kappa shape index (κ2) is 12.1. The third-order valence-electron chi connectivity index (χ3n) is 15.2. The van der Waals surface area contributed by atoms with Crippen LogP contribution >= 0.6 is 0 Å². The molecule has 1 aromatic heterocycles. The number of fused-ring (bicyclic) bond motifs is 6. The first kappa shape index (κ1) is 34.0. The molecule has 0 amide bonds. The predicted molar refractivity (Wildman–Crippen MR) is 280 cm³/mol. The van der Waals surface area contributed by atoms with E-state index in [1.54, 1.807) is 0 Å². The second-order valence-electron chi connectivity index (χ2n) is 18.3. The van der Waals surface area contributed by atoms with Crippen LogP contribution in [0.25, 0.3) is 157 Å². The van der Waals surface area contributed by atoms with E-state index in [4.69, 9.17) is 0 Å². The third-order valence-corrected chi connectivity index (χ3v) is 15.2. The Bertz CT molecular complexity index is 4410. The van der Waals surface area contributed by atoms with Gasteiger partial charge in [0, 0.05) is 16.5 Å². The van der Waals surface area contributed by atoms with Gasteiger partial charge in [0.1, 0.15) is 0 Å². The van der Waals surface area contributed by atoms with E-state index in [1.807, 2.05) is 0 Å². The molecule has 0 N–H and O–H groups in total. The number of benzene rings is 15. The minimum absolute atomic E-state index is 1.17. The van der Waals surface area contributed by atoms with Gasteiger partial charge in [-0.2, -0.15) is 0 Å². The summed E-state index contributed by atoms with van der Waals surface area (Å²) in [6, 6.07) is 80.5. The molecule has 65 heavy (non-hydrogen) atoms. The summed E-state index contributed by atoms with van der Waals surface area (Å²) < 4.78 is 2.54. The highest BCUT2D eigenvalue weighted by Crippen LogP contribution is 2.49. The van der Waals surface area contributed by atoms with Crippen LogP contribution in [0, 0.1) is 0 Å². The zero-order valence-electron chi connectivity index (χ0n) is 35.2. The zero-order valence-corrected chi connectivity index (χ0v) is 35.2. The first-order valence-corrected chi connectivity index (χ1v) is 22.7. The highest BCUT2D eigenvalue weighted by Gasteiger charge is 2.24. The molecule has 0 unspecified atom stereocenters. The topological polar surface area (TPSA) is 4.93 Å². The molecular weight excluding hydrogens is 783 g/mol. The fraction of sp³-hybridized carbons (Fsp3) is 0. The van der Waals surface area contributed by atoms with Crippen LogP contribution in [-0.4, -0.2) is 4.57 Å². The lowest BCUT2D eigenvalue weighted by molar-refractivity contribution is 1.19. The molecule has 296 valence electrons. The van der Waals surface area contributed by atoms with Crippen molar-refractivity contribution in [1.82, 2.24) is 4.57 Å². The largest absolute Gasteiger partial charge is 0.309 e. The van der Waals surface area contributed by atoms with E-state index in [9.17, 15) is 0 Å². The Morgan fingerprint density at radius 2 is 0.523 bits per heavy atom. The van der Waals surface area contributed by atoms with E-state index in [0.29, 0.717) is 0 Å². The molecule has 0 fully saturated rings. The van der Waals surface area contributed by atoms with Gasteiger partial charge in [0.15, 0.2) is 0 Å². The van der Waals surface area contributed by atoms with Crippen molar-refractivity contribution in [2.45, 2.75) is 0 Å². The lowest BCUT2D eigenvalue weighted by Gasteiger charge is -2.17. The molecule has 15 aromatic carbocycles. The first-order chi connectivity index (χ1) is 32.2. The fourth-order valence-electron chi connectivity index (χ4n) is 12.5. The predicted octanol–water partition coefficient (Wildman–Crippen LogP) is 18.0. The SMILES string of the molecule is c1cc2ccc3ccc(-c4ccc5c6c4ccc4c(-c7ccc8ccc9cccc%10ccc7c8c9%10)ccc(c46)n5-c4ccc5c6ccccc6c6ccccc6c5c4)c4ccc(c1)c2c34. The molecule has 0 saturated carbocycles. The van der Waals surface area contributed by atoms with Crippen molar-refractivity contribution in [3.63, 3.8) is 0 Å². The summed E-state index contributed by atoms with van der Waals surface area (Å²) in [6.07, 6.45) is 0. The summed E-state index contributed by atoms with van der Waals surface area (Å²) in [7, 11) is 0. The fourth-order valence-corrected chi connectivity index (χ4v) is 12.5. The summed E-state index contributed by atoms with van der Waals surface area (Å²) in [5.41, 5.74) is 8.68. The molecule has 0 aliphatic heterocycles. The van der Waals surface area contributed by atoms with E-state index in [1.165, 1.54) is 157 Å². The molecule has 0 aliphatic carbocycles. The summed E-state index contributed by atoms with van der Waals surface area (Å²) in [5, 5.41) is 28.6. The Morgan fingerprint density at radius 3 is 0.985 bits per heavy atom. The maximum Gasteiger partial charge on any atom is 0.0547 e. The maximum absolute atomic E-state index is 2.54. The summed E-state index contributed by atoms with van der Waals surface area (Å²) in [4.78, 5) is 0. The Kier molecular flexibility index (Phi) is 6.35. The van der Waals surface area contributed by atoms with Gasteiger partial charge in [-0.05, 0) is 154 Å². The Labute approximate surface area is 372 Å². The second-order valence-corrected chi connectivity index (χ2v) is 18.3. The molecule has 1 nitrogen and oxygen atoms in total. The minimum Gasteiger partial charge on any atom is -0.309 e. The van der Waals surface area contributed by atoms with Crippen molar-refractivity contribution < 1.29 is 0 Å². The lowest BCUT2D eigenvalue weighted by atomic mass is 9.86. The normalized spacial score (nSPS) is 12.6. The van der Waals surface area contributed by atoms with Crippen LogP contribution in [0.4, 0.5) is 0 Å². The van der Waals surface area contributed by atoms with Crippen molar-refractivity contribution in [1.29, 1.82) is 0 Å². The van der Waals surface area contributed by atoms with Crippen LogP contribution in [0.3, 0.4) is 0 Å². The third kappa shape index (κ3) is 4.33. The molecule has 0 bridgehead atoms. The van der Waals surface area contributed by atoms with Crippen LogP contribution in [0.2, 0.25) is 0 Å². The number of hydrogen-bond donors (Lipinski definition) is 0. The maximum atomic E-state index is 2.54. The molecule has 16 aromatic rings. The van der Waals surface area contributed by atoms with Crippen molar-refractivity contribution in [3.8, 4) is 27.9 Å². The van der Waals surface area contributed by atoms with Crippen molar-refractivity contribution >= 4 is 130 Å². The number of hydrogen-bond acceptors (Lipinski definition) is 0. The average molecular weight is 818 g/mol. The monoisotopic (exact) mass is 817 g/mol. The van der Waals surface area contributed by atoms with Gasteiger partial charge >= 0.3 is 0 Å². The van der Waals surface area contributed by atoms with Gasteiger partial charge in [0.05, 0.1) is 11.0 Å². The zero-order chi connectivity index (χ0) is 42.1. The molecule has 1 heterocycles. The van der Waals surface area contributed by atoms with Gasteiger partial charge in [0.25, 0.3) is 0 Å². The smallest absolute Gasteiger partial charge is 0.0547 e. The summed E-state index contributed by atoms with van der Waals surface area (Å²) in [5.74, 6) is 0. The minimum atomic E-state index is 1.17. The average Bonchev–Trinajstić information content (AvgIpc) is 3.71. The molecule has 0 spiro atoms. The van der Waals surface area contributed by atoms with Crippen molar-refractivity contribution in [2.24, 2.45) is 0 Å². The van der Waals surface area contributed by atoms with Gasteiger partial charge in [0.2, 0.25) is 0 Å². The number of rotatable bonds is 3. The molecule has 0 atom stereocenters. The van der Waals surface area contributed by atoms with E-state index in [-0.39, 0.29) is 0 Å². The van der Waals surface area contributed by atoms with Crippen LogP contribution in [0.15, 0.2) is 212 Å². The van der Waals surface area contributed by atoms with Gasteiger partial charge in [-0.25, -0.2) is 0 Å². The van der Waals surface area contributed by atoms with Crippen molar-refractivity contribution in [2.75, 3.05) is 0 Å². The summed E-state index contributed by atoms with van der Waals surface area (Å²) in [6.45, 7) is 0. The van der Waals surface area contributed by atoms with Crippen LogP contribution in [0.5, 0.6) is 0 Å². The Morgan fingerprint density at radius 1 is 0.200 bits per heavy atom. The highest BCUT2D eigenvalue weighted by molar-refractivity contribution is 6.33. The standard InChI is InChI=1S/C64H35N/c1-2-13-45-43(11-1)44-12-3-4-14-46(44)56-35-42(23-28-51(45)56)65-57-33-31-49(47-24-19-40-17-15-36-7-5-9-38-21-26-52(47)61(40)59(36)38)54-29-30-55-50(32-34-58(65)64(55)63(54)57)48-25-20-41-18-16-37-8-6-10-39-22-27-53(48)62(41)60(37)39/h1-35H. The quantitative estimate of drug-likeness (QED) is 0.157. The Balaban J connectivity index is 1.02. The molecule has 0 radical (unpaired) electrons. The number of nitrogens with zero attached hydrogens (tertiary/aromatic N) is 1. The first-order valence-electron chi connectivity index (χ1n) is 22.7. The Hall–Kier alpha value is -8.52. The van der Waals surface area contributed by atoms with Gasteiger partial charge in [-0.15, -0.1) is 0 Å².